The maximum absolute atomic E-state index is 6.08. The Morgan fingerprint density at radius 3 is 2.32 bits per heavy atom. The molecule has 2 atom stereocenters. The van der Waals surface area contributed by atoms with E-state index in [0.717, 1.165) is 18.4 Å². The second kappa shape index (κ2) is 6.58. The van der Waals surface area contributed by atoms with Gasteiger partial charge in [-0.1, -0.05) is 52.9 Å². The van der Waals surface area contributed by atoms with Crippen LogP contribution in [-0.4, -0.2) is 30.6 Å². The molecule has 0 aromatic heterocycles. The van der Waals surface area contributed by atoms with Crippen LogP contribution >= 0.6 is 0 Å². The van der Waals surface area contributed by atoms with Gasteiger partial charge >= 0.3 is 0 Å². The number of hydrogen-bond acceptors (Lipinski definition) is 2. The Balaban J connectivity index is 1.84. The van der Waals surface area contributed by atoms with E-state index in [4.69, 9.17) is 5.73 Å². The van der Waals surface area contributed by atoms with Crippen molar-refractivity contribution in [1.29, 1.82) is 0 Å². The minimum absolute atomic E-state index is 0.457. The molecular weight excluding hydrogens is 232 g/mol. The monoisotopic (exact) mass is 266 g/mol. The summed E-state index contributed by atoms with van der Waals surface area (Å²) >= 11 is 0. The molecule has 1 heterocycles. The predicted molar refractivity (Wildman–Crippen MR) is 83.2 cm³/mol. The van der Waals surface area contributed by atoms with Gasteiger partial charge in [-0.05, 0) is 36.6 Å². The van der Waals surface area contributed by atoms with Gasteiger partial charge in [0.15, 0.2) is 0 Å². The molecule has 1 saturated heterocycles. The van der Waals surface area contributed by atoms with Crippen LogP contribution in [0.15, 0.2) is 0 Å². The van der Waals surface area contributed by atoms with E-state index >= 15 is 0 Å². The highest BCUT2D eigenvalue weighted by Gasteiger charge is 2.35. The van der Waals surface area contributed by atoms with Crippen molar-refractivity contribution in [2.45, 2.75) is 71.8 Å². The van der Waals surface area contributed by atoms with Gasteiger partial charge in [-0.25, -0.2) is 0 Å². The summed E-state index contributed by atoms with van der Waals surface area (Å²) in [6.07, 6.45) is 9.98. The molecule has 2 aliphatic rings. The van der Waals surface area contributed by atoms with E-state index in [1.54, 1.807) is 0 Å². The van der Waals surface area contributed by atoms with Crippen molar-refractivity contribution in [2.75, 3.05) is 19.6 Å². The number of rotatable bonds is 4. The van der Waals surface area contributed by atoms with Crippen LogP contribution in [0.2, 0.25) is 0 Å². The van der Waals surface area contributed by atoms with E-state index in [9.17, 15) is 0 Å². The van der Waals surface area contributed by atoms with Crippen molar-refractivity contribution >= 4 is 0 Å². The predicted octanol–water partition coefficient (Wildman–Crippen LogP) is 3.65. The first-order valence-corrected chi connectivity index (χ1v) is 8.45. The Morgan fingerprint density at radius 1 is 1.11 bits per heavy atom. The second-order valence-electron chi connectivity index (χ2n) is 7.98. The summed E-state index contributed by atoms with van der Waals surface area (Å²) in [4.78, 5) is 2.70. The van der Waals surface area contributed by atoms with Gasteiger partial charge in [0.05, 0.1) is 0 Å². The molecule has 2 N–H and O–H groups in total. The van der Waals surface area contributed by atoms with Crippen molar-refractivity contribution in [1.82, 2.24) is 4.90 Å². The summed E-state index contributed by atoms with van der Waals surface area (Å²) in [7, 11) is 0. The Bertz CT molecular complexity index is 263. The highest BCUT2D eigenvalue weighted by molar-refractivity contribution is 4.88. The quantitative estimate of drug-likeness (QED) is 0.841. The highest BCUT2D eigenvalue weighted by Crippen LogP contribution is 2.36. The molecule has 0 aromatic carbocycles. The fourth-order valence-corrected chi connectivity index (χ4v) is 4.03. The number of hydrogen-bond donors (Lipinski definition) is 1. The average molecular weight is 266 g/mol. The van der Waals surface area contributed by atoms with Crippen LogP contribution in [-0.2, 0) is 0 Å². The zero-order valence-electron chi connectivity index (χ0n) is 13.3. The fraction of sp³-hybridized carbons (Fsp3) is 1.00. The lowest BCUT2D eigenvalue weighted by Gasteiger charge is -2.33. The normalized spacial score (nSPS) is 28.7. The van der Waals surface area contributed by atoms with Gasteiger partial charge in [0.1, 0.15) is 0 Å². The minimum Gasteiger partial charge on any atom is -0.329 e. The van der Waals surface area contributed by atoms with E-state index in [0.29, 0.717) is 11.5 Å². The van der Waals surface area contributed by atoms with Gasteiger partial charge in [-0.15, -0.1) is 0 Å². The summed E-state index contributed by atoms with van der Waals surface area (Å²) in [5.41, 5.74) is 6.54. The van der Waals surface area contributed by atoms with Crippen LogP contribution in [0, 0.1) is 17.3 Å². The first-order valence-electron chi connectivity index (χ1n) is 8.45. The lowest BCUT2D eigenvalue weighted by atomic mass is 9.80. The molecule has 0 spiro atoms. The fourth-order valence-electron chi connectivity index (χ4n) is 4.03. The SMILES string of the molecule is CC(C)(C)C1CCN(C(CN)CC2CCCCC2)C1. The molecule has 1 aliphatic heterocycles. The molecule has 19 heavy (non-hydrogen) atoms. The van der Waals surface area contributed by atoms with Gasteiger partial charge in [-0.3, -0.25) is 4.90 Å². The van der Waals surface area contributed by atoms with Gasteiger partial charge in [0.25, 0.3) is 0 Å². The van der Waals surface area contributed by atoms with E-state index in [1.807, 2.05) is 0 Å². The maximum atomic E-state index is 6.08. The molecule has 2 unspecified atom stereocenters. The van der Waals surface area contributed by atoms with E-state index < -0.39 is 0 Å². The summed E-state index contributed by atoms with van der Waals surface area (Å²) in [5.74, 6) is 1.81. The first-order chi connectivity index (χ1) is 9.00. The van der Waals surface area contributed by atoms with Gasteiger partial charge in [0.2, 0.25) is 0 Å². The number of likely N-dealkylation sites (tertiary alicyclic amines) is 1. The molecule has 2 nitrogen and oxygen atoms in total. The standard InChI is InChI=1S/C17H34N2/c1-17(2,3)15-9-10-19(13-15)16(12-18)11-14-7-5-4-6-8-14/h14-16H,4-13,18H2,1-3H3. The van der Waals surface area contributed by atoms with E-state index in [1.165, 1.54) is 58.0 Å². The van der Waals surface area contributed by atoms with E-state index in [-0.39, 0.29) is 0 Å². The third-order valence-corrected chi connectivity index (χ3v) is 5.56. The summed E-state index contributed by atoms with van der Waals surface area (Å²) in [6.45, 7) is 10.6. The van der Waals surface area contributed by atoms with Crippen LogP contribution in [0.3, 0.4) is 0 Å². The second-order valence-corrected chi connectivity index (χ2v) is 7.98. The number of nitrogens with two attached hydrogens (primary N) is 1. The van der Waals surface area contributed by atoms with Crippen molar-refractivity contribution in [3.63, 3.8) is 0 Å². The highest BCUT2D eigenvalue weighted by atomic mass is 15.2. The van der Waals surface area contributed by atoms with Crippen molar-refractivity contribution in [2.24, 2.45) is 23.0 Å². The van der Waals surface area contributed by atoms with Crippen LogP contribution in [0.25, 0.3) is 0 Å². The molecule has 112 valence electrons. The van der Waals surface area contributed by atoms with Gasteiger partial charge < -0.3 is 5.73 Å². The van der Waals surface area contributed by atoms with Crippen LogP contribution in [0.5, 0.6) is 0 Å². The van der Waals surface area contributed by atoms with Crippen LogP contribution in [0.4, 0.5) is 0 Å². The van der Waals surface area contributed by atoms with Crippen molar-refractivity contribution in [3.8, 4) is 0 Å². The molecule has 1 saturated carbocycles. The molecule has 2 fully saturated rings. The molecular formula is C17H34N2. The third kappa shape index (κ3) is 4.19. The summed E-state index contributed by atoms with van der Waals surface area (Å²) < 4.78 is 0. The molecule has 0 bridgehead atoms. The smallest absolute Gasteiger partial charge is 0.0221 e. The molecule has 0 radical (unpaired) electrons. The van der Waals surface area contributed by atoms with Crippen LogP contribution < -0.4 is 5.73 Å². The first kappa shape index (κ1) is 15.3. The lowest BCUT2D eigenvalue weighted by molar-refractivity contribution is 0.166. The molecule has 2 heteroatoms. The Labute approximate surface area is 120 Å². The Hall–Kier alpha value is -0.0800. The minimum atomic E-state index is 0.457. The average Bonchev–Trinajstić information content (AvgIpc) is 2.86. The molecule has 2 rings (SSSR count). The van der Waals surface area contributed by atoms with Crippen molar-refractivity contribution in [3.05, 3.63) is 0 Å². The van der Waals surface area contributed by atoms with Crippen molar-refractivity contribution < 1.29 is 0 Å². The lowest BCUT2D eigenvalue weighted by Crippen LogP contribution is -2.41. The van der Waals surface area contributed by atoms with Gasteiger partial charge in [-0.2, -0.15) is 0 Å². The topological polar surface area (TPSA) is 29.3 Å². The van der Waals surface area contributed by atoms with Crippen LogP contribution in [0.1, 0.15) is 65.7 Å². The number of nitrogens with zero attached hydrogens (tertiary/aromatic N) is 1. The maximum Gasteiger partial charge on any atom is 0.0221 e. The zero-order valence-corrected chi connectivity index (χ0v) is 13.3. The third-order valence-electron chi connectivity index (χ3n) is 5.56. The van der Waals surface area contributed by atoms with Gasteiger partial charge in [0, 0.05) is 19.1 Å². The Kier molecular flexibility index (Phi) is 5.30. The molecule has 1 aliphatic carbocycles. The summed E-state index contributed by atoms with van der Waals surface area (Å²) in [6, 6.07) is 0.649. The molecule has 0 aromatic rings. The molecule has 0 amide bonds. The van der Waals surface area contributed by atoms with E-state index in [2.05, 4.69) is 25.7 Å². The zero-order chi connectivity index (χ0) is 13.9. The Morgan fingerprint density at radius 2 is 1.79 bits per heavy atom. The summed E-state index contributed by atoms with van der Waals surface area (Å²) in [5, 5.41) is 0. The largest absolute Gasteiger partial charge is 0.329 e.